The van der Waals surface area contributed by atoms with Crippen molar-refractivity contribution in [2.75, 3.05) is 5.43 Å². The van der Waals surface area contributed by atoms with E-state index in [9.17, 15) is 4.79 Å². The average molecular weight is 246 g/mol. The zero-order valence-corrected chi connectivity index (χ0v) is 9.93. The maximum atomic E-state index is 11.9. The number of amides is 1. The lowest BCUT2D eigenvalue weighted by atomic mass is 10.2. The highest BCUT2D eigenvalue weighted by molar-refractivity contribution is 5.99. The van der Waals surface area contributed by atoms with E-state index in [1.165, 1.54) is 12.4 Å². The van der Waals surface area contributed by atoms with Crippen molar-refractivity contribution in [2.45, 2.75) is 13.5 Å². The Labute approximate surface area is 104 Å². The number of carbonyl (C=O) groups is 1. The lowest BCUT2D eigenvalue weighted by Crippen LogP contribution is -2.24. The Morgan fingerprint density at radius 2 is 2.28 bits per heavy atom. The van der Waals surface area contributed by atoms with Gasteiger partial charge in [0.15, 0.2) is 0 Å². The number of rotatable bonds is 4. The van der Waals surface area contributed by atoms with Gasteiger partial charge in [0.1, 0.15) is 11.5 Å². The van der Waals surface area contributed by atoms with Crippen LogP contribution < -0.4 is 16.6 Å². The molecule has 2 rings (SSSR count). The monoisotopic (exact) mass is 246 g/mol. The second kappa shape index (κ2) is 5.33. The second-order valence-electron chi connectivity index (χ2n) is 3.76. The molecule has 0 aromatic carbocycles. The first-order valence-electron chi connectivity index (χ1n) is 5.45. The minimum Gasteiger partial charge on any atom is -0.465 e. The van der Waals surface area contributed by atoms with Crippen molar-refractivity contribution in [1.29, 1.82) is 0 Å². The highest BCUT2D eigenvalue weighted by Crippen LogP contribution is 2.12. The molecule has 2 heterocycles. The molecule has 0 spiro atoms. The number of carbonyl (C=O) groups excluding carboxylic acids is 1. The average Bonchev–Trinajstić information content (AvgIpc) is 2.81. The Morgan fingerprint density at radius 1 is 1.44 bits per heavy atom. The quantitative estimate of drug-likeness (QED) is 0.556. The predicted molar refractivity (Wildman–Crippen MR) is 66.7 cm³/mol. The van der Waals surface area contributed by atoms with Gasteiger partial charge >= 0.3 is 0 Å². The third kappa shape index (κ3) is 2.67. The lowest BCUT2D eigenvalue weighted by Gasteiger charge is -2.07. The van der Waals surface area contributed by atoms with Crippen molar-refractivity contribution in [3.63, 3.8) is 0 Å². The Balaban J connectivity index is 2.03. The van der Waals surface area contributed by atoms with Gasteiger partial charge in [0, 0.05) is 6.20 Å². The number of nitrogens with one attached hydrogen (secondary N) is 2. The minimum absolute atomic E-state index is 0.237. The van der Waals surface area contributed by atoms with Crippen LogP contribution in [0.3, 0.4) is 0 Å². The van der Waals surface area contributed by atoms with E-state index < -0.39 is 0 Å². The van der Waals surface area contributed by atoms with Gasteiger partial charge in [0.05, 0.1) is 24.0 Å². The molecule has 2 aromatic heterocycles. The summed E-state index contributed by atoms with van der Waals surface area (Å²) in [4.78, 5) is 15.8. The van der Waals surface area contributed by atoms with Crippen molar-refractivity contribution in [2.24, 2.45) is 5.84 Å². The van der Waals surface area contributed by atoms with E-state index in [1.54, 1.807) is 6.07 Å². The van der Waals surface area contributed by atoms with Crippen LogP contribution in [-0.2, 0) is 6.54 Å². The number of aromatic nitrogens is 1. The van der Waals surface area contributed by atoms with Crippen LogP contribution in [0.15, 0.2) is 35.0 Å². The fourth-order valence-electron chi connectivity index (χ4n) is 1.55. The van der Waals surface area contributed by atoms with Crippen LogP contribution in [0.5, 0.6) is 0 Å². The fourth-order valence-corrected chi connectivity index (χ4v) is 1.55. The van der Waals surface area contributed by atoms with E-state index in [2.05, 4.69) is 15.7 Å². The summed E-state index contributed by atoms with van der Waals surface area (Å²) >= 11 is 0. The molecule has 6 heteroatoms. The standard InChI is InChI=1S/C12H14N4O2/c1-8-2-3-9(18-8)6-15-12(17)10-4-5-14-7-11(10)16-13/h2-5,7,16H,6,13H2,1H3,(H,15,17). The van der Waals surface area contributed by atoms with Crippen molar-refractivity contribution in [3.05, 3.63) is 47.7 Å². The van der Waals surface area contributed by atoms with E-state index in [-0.39, 0.29) is 5.91 Å². The molecule has 2 aromatic rings. The molecule has 6 nitrogen and oxygen atoms in total. The molecule has 1 amide bonds. The number of aryl methyl sites for hydroxylation is 1. The molecule has 0 radical (unpaired) electrons. The molecule has 0 saturated heterocycles. The van der Waals surface area contributed by atoms with Crippen LogP contribution in [0, 0.1) is 6.92 Å². The Bertz CT molecular complexity index is 551. The van der Waals surface area contributed by atoms with E-state index in [0.717, 1.165) is 5.76 Å². The highest BCUT2D eigenvalue weighted by atomic mass is 16.3. The number of hydrogen-bond acceptors (Lipinski definition) is 5. The number of nitrogen functional groups attached to an aromatic ring is 1. The largest absolute Gasteiger partial charge is 0.465 e. The number of furan rings is 1. The van der Waals surface area contributed by atoms with E-state index >= 15 is 0 Å². The first-order valence-corrected chi connectivity index (χ1v) is 5.45. The van der Waals surface area contributed by atoms with Crippen LogP contribution in [-0.4, -0.2) is 10.9 Å². The van der Waals surface area contributed by atoms with Gasteiger partial charge < -0.3 is 15.2 Å². The number of pyridine rings is 1. The molecule has 18 heavy (non-hydrogen) atoms. The van der Waals surface area contributed by atoms with Gasteiger partial charge in [-0.25, -0.2) is 0 Å². The summed E-state index contributed by atoms with van der Waals surface area (Å²) in [6.45, 7) is 2.18. The third-order valence-corrected chi connectivity index (χ3v) is 2.44. The maximum absolute atomic E-state index is 11.9. The molecule has 94 valence electrons. The summed E-state index contributed by atoms with van der Waals surface area (Å²) in [6.07, 6.45) is 3.03. The Morgan fingerprint density at radius 3 is 2.94 bits per heavy atom. The molecule has 0 fully saturated rings. The van der Waals surface area contributed by atoms with Gasteiger partial charge in [-0.05, 0) is 25.1 Å². The molecule has 4 N–H and O–H groups in total. The van der Waals surface area contributed by atoms with Gasteiger partial charge in [0.25, 0.3) is 5.91 Å². The molecule has 0 atom stereocenters. The first-order chi connectivity index (χ1) is 8.70. The van der Waals surface area contributed by atoms with Crippen LogP contribution >= 0.6 is 0 Å². The summed E-state index contributed by atoms with van der Waals surface area (Å²) in [6, 6.07) is 5.27. The van der Waals surface area contributed by atoms with Crippen LogP contribution in [0.4, 0.5) is 5.69 Å². The SMILES string of the molecule is Cc1ccc(CNC(=O)c2ccncc2NN)o1. The molecule has 0 aliphatic heterocycles. The zero-order valence-electron chi connectivity index (χ0n) is 9.93. The number of hydrogen-bond donors (Lipinski definition) is 3. The molecule has 0 aliphatic rings. The maximum Gasteiger partial charge on any atom is 0.253 e. The summed E-state index contributed by atoms with van der Waals surface area (Å²) in [7, 11) is 0. The van der Waals surface area contributed by atoms with E-state index in [0.29, 0.717) is 23.6 Å². The third-order valence-electron chi connectivity index (χ3n) is 2.44. The summed E-state index contributed by atoms with van der Waals surface area (Å²) < 4.78 is 5.36. The van der Waals surface area contributed by atoms with Crippen LogP contribution in [0.1, 0.15) is 21.9 Å². The van der Waals surface area contributed by atoms with Crippen molar-refractivity contribution < 1.29 is 9.21 Å². The molecule has 0 unspecified atom stereocenters. The van der Waals surface area contributed by atoms with Crippen LogP contribution in [0.2, 0.25) is 0 Å². The van der Waals surface area contributed by atoms with Gasteiger partial charge in [-0.3, -0.25) is 15.6 Å². The van der Waals surface area contributed by atoms with Crippen molar-refractivity contribution >= 4 is 11.6 Å². The zero-order chi connectivity index (χ0) is 13.0. The summed E-state index contributed by atoms with van der Waals surface area (Å²) in [5.41, 5.74) is 3.35. The van der Waals surface area contributed by atoms with Crippen molar-refractivity contribution in [1.82, 2.24) is 10.3 Å². The van der Waals surface area contributed by atoms with Gasteiger partial charge in [-0.1, -0.05) is 0 Å². The highest BCUT2D eigenvalue weighted by Gasteiger charge is 2.10. The predicted octanol–water partition coefficient (Wildman–Crippen LogP) is 1.20. The smallest absolute Gasteiger partial charge is 0.253 e. The second-order valence-corrected chi connectivity index (χ2v) is 3.76. The topological polar surface area (TPSA) is 93.2 Å². The van der Waals surface area contributed by atoms with Crippen LogP contribution in [0.25, 0.3) is 0 Å². The molecule has 0 aliphatic carbocycles. The minimum atomic E-state index is -0.237. The van der Waals surface area contributed by atoms with E-state index in [4.69, 9.17) is 10.3 Å². The van der Waals surface area contributed by atoms with Crippen molar-refractivity contribution in [3.8, 4) is 0 Å². The van der Waals surface area contributed by atoms with Gasteiger partial charge in [-0.2, -0.15) is 0 Å². The first kappa shape index (κ1) is 12.1. The molecular weight excluding hydrogens is 232 g/mol. The lowest BCUT2D eigenvalue weighted by molar-refractivity contribution is 0.0948. The Kier molecular flexibility index (Phi) is 3.59. The molecular formula is C12H14N4O2. The Hall–Kier alpha value is -2.34. The normalized spacial score (nSPS) is 10.1. The fraction of sp³-hybridized carbons (Fsp3) is 0.167. The summed E-state index contributed by atoms with van der Waals surface area (Å²) in [5.74, 6) is 6.59. The summed E-state index contributed by atoms with van der Waals surface area (Å²) in [5, 5.41) is 2.75. The number of anilines is 1. The number of nitrogens with two attached hydrogens (primary N) is 1. The van der Waals surface area contributed by atoms with E-state index in [1.807, 2.05) is 19.1 Å². The van der Waals surface area contributed by atoms with Gasteiger partial charge in [-0.15, -0.1) is 0 Å². The molecule has 0 saturated carbocycles. The molecule has 0 bridgehead atoms. The van der Waals surface area contributed by atoms with Gasteiger partial charge in [0.2, 0.25) is 0 Å². The number of nitrogens with zero attached hydrogens (tertiary/aromatic N) is 1. The number of hydrazine groups is 1.